The Kier molecular flexibility index (Phi) is 5.18. The molecule has 1 aromatic rings. The van der Waals surface area contributed by atoms with E-state index in [1.807, 2.05) is 0 Å². The Morgan fingerprint density at radius 2 is 1.85 bits per heavy atom. The first-order chi connectivity index (χ1) is 9.36. The molecule has 7 heteroatoms. The summed E-state index contributed by atoms with van der Waals surface area (Å²) < 4.78 is 26.2. The summed E-state index contributed by atoms with van der Waals surface area (Å²) in [6.45, 7) is 8.66. The highest BCUT2D eigenvalue weighted by Crippen LogP contribution is 2.27. The van der Waals surface area contributed by atoms with E-state index in [1.54, 1.807) is 0 Å². The first-order valence-corrected chi connectivity index (χ1v) is 7.26. The molecule has 0 aromatic heterocycles. The summed E-state index contributed by atoms with van der Waals surface area (Å²) in [6, 6.07) is 3.99. The number of nitro groups is 1. The Morgan fingerprint density at radius 3 is 2.30 bits per heavy atom. The molecule has 0 amide bonds. The van der Waals surface area contributed by atoms with Crippen LogP contribution in [0.25, 0.3) is 0 Å². The van der Waals surface area contributed by atoms with E-state index < -0.39 is 14.9 Å². The molecule has 0 aliphatic heterocycles. The first-order valence-electron chi connectivity index (χ1n) is 5.82. The van der Waals surface area contributed by atoms with Gasteiger partial charge in [-0.1, -0.05) is 18.2 Å². The summed E-state index contributed by atoms with van der Waals surface area (Å²) in [6.07, 6.45) is 2.90. The predicted octanol–water partition coefficient (Wildman–Crippen LogP) is 2.27. The van der Waals surface area contributed by atoms with E-state index in [0.717, 1.165) is 4.31 Å². The van der Waals surface area contributed by atoms with Crippen molar-refractivity contribution < 1.29 is 13.3 Å². The fourth-order valence-electron chi connectivity index (χ4n) is 1.78. The summed E-state index contributed by atoms with van der Waals surface area (Å²) in [5, 5.41) is 10.9. The number of rotatable bonds is 7. The van der Waals surface area contributed by atoms with E-state index in [-0.39, 0.29) is 29.2 Å². The van der Waals surface area contributed by atoms with Crippen molar-refractivity contribution in [3.8, 4) is 0 Å². The van der Waals surface area contributed by atoms with Crippen LogP contribution in [0, 0.1) is 17.0 Å². The summed E-state index contributed by atoms with van der Waals surface area (Å²) in [5.41, 5.74) is -0.0983. The second-order valence-electron chi connectivity index (χ2n) is 4.06. The standard InChI is InChI=1S/C13H16N2O4S/c1-4-9-14(10-5-2)20(18,19)13-8-6-7-12(11(13)3)15(16)17/h4-8H,1-2,9-10H2,3H3. The van der Waals surface area contributed by atoms with Gasteiger partial charge in [0.25, 0.3) is 5.69 Å². The molecule has 0 aliphatic rings. The van der Waals surface area contributed by atoms with Crippen molar-refractivity contribution in [3.63, 3.8) is 0 Å². The maximum Gasteiger partial charge on any atom is 0.273 e. The first kappa shape index (κ1) is 16.1. The molecule has 0 aliphatic carbocycles. The maximum absolute atomic E-state index is 12.5. The monoisotopic (exact) mass is 296 g/mol. The van der Waals surface area contributed by atoms with Crippen molar-refractivity contribution in [3.05, 3.63) is 59.2 Å². The molecule has 0 heterocycles. The van der Waals surface area contributed by atoms with Gasteiger partial charge in [0.2, 0.25) is 10.0 Å². The fourth-order valence-corrected chi connectivity index (χ4v) is 3.40. The lowest BCUT2D eigenvalue weighted by Crippen LogP contribution is -2.32. The average molecular weight is 296 g/mol. The zero-order valence-corrected chi connectivity index (χ0v) is 12.0. The van der Waals surface area contributed by atoms with Crippen molar-refractivity contribution in [2.75, 3.05) is 13.1 Å². The van der Waals surface area contributed by atoms with E-state index in [2.05, 4.69) is 13.2 Å². The van der Waals surface area contributed by atoms with Gasteiger partial charge in [0.1, 0.15) is 0 Å². The molecular formula is C13H16N2O4S. The summed E-state index contributed by atoms with van der Waals surface area (Å²) >= 11 is 0. The van der Waals surface area contributed by atoms with Gasteiger partial charge in [-0.2, -0.15) is 4.31 Å². The van der Waals surface area contributed by atoms with Crippen LogP contribution in [0.2, 0.25) is 0 Å². The van der Waals surface area contributed by atoms with E-state index in [4.69, 9.17) is 0 Å². The molecule has 0 spiro atoms. The van der Waals surface area contributed by atoms with Crippen molar-refractivity contribution in [2.24, 2.45) is 0 Å². The molecule has 20 heavy (non-hydrogen) atoms. The highest BCUT2D eigenvalue weighted by molar-refractivity contribution is 7.89. The average Bonchev–Trinajstić information content (AvgIpc) is 2.38. The quantitative estimate of drug-likeness (QED) is 0.439. The minimum Gasteiger partial charge on any atom is -0.258 e. The molecule has 1 aromatic carbocycles. The van der Waals surface area contributed by atoms with Crippen molar-refractivity contribution in [1.29, 1.82) is 0 Å². The molecule has 0 unspecified atom stereocenters. The van der Waals surface area contributed by atoms with Gasteiger partial charge in [-0.25, -0.2) is 8.42 Å². The van der Waals surface area contributed by atoms with Crippen molar-refractivity contribution in [1.82, 2.24) is 4.31 Å². The zero-order valence-electron chi connectivity index (χ0n) is 11.2. The normalized spacial score (nSPS) is 11.3. The third-order valence-electron chi connectivity index (χ3n) is 2.74. The molecule has 108 valence electrons. The van der Waals surface area contributed by atoms with E-state index >= 15 is 0 Å². The SMILES string of the molecule is C=CCN(CC=C)S(=O)(=O)c1cccc([N+](=O)[O-])c1C. The number of hydrogen-bond donors (Lipinski definition) is 0. The number of benzene rings is 1. The Hall–Kier alpha value is -1.99. The molecule has 0 fully saturated rings. The topological polar surface area (TPSA) is 80.5 Å². The predicted molar refractivity (Wildman–Crippen MR) is 77.0 cm³/mol. The molecule has 6 nitrogen and oxygen atoms in total. The van der Waals surface area contributed by atoms with Crippen LogP contribution in [0.15, 0.2) is 48.4 Å². The lowest BCUT2D eigenvalue weighted by atomic mass is 10.2. The van der Waals surface area contributed by atoms with Crippen LogP contribution in [-0.2, 0) is 10.0 Å². The van der Waals surface area contributed by atoms with Gasteiger partial charge in [-0.05, 0) is 13.0 Å². The molecule has 0 atom stereocenters. The molecule has 1 rings (SSSR count). The Morgan fingerprint density at radius 1 is 1.30 bits per heavy atom. The molecule has 0 saturated heterocycles. The third kappa shape index (κ3) is 3.12. The largest absolute Gasteiger partial charge is 0.273 e. The Bertz CT molecular complexity index is 628. The highest BCUT2D eigenvalue weighted by atomic mass is 32.2. The van der Waals surface area contributed by atoms with Crippen LogP contribution < -0.4 is 0 Å². The summed E-state index contributed by atoms with van der Waals surface area (Å²) in [7, 11) is -3.83. The van der Waals surface area contributed by atoms with Crippen LogP contribution in [0.4, 0.5) is 5.69 Å². The summed E-state index contributed by atoms with van der Waals surface area (Å²) in [5.74, 6) is 0. The van der Waals surface area contributed by atoms with Crippen molar-refractivity contribution in [2.45, 2.75) is 11.8 Å². The van der Waals surface area contributed by atoms with E-state index in [1.165, 1.54) is 37.3 Å². The zero-order chi connectivity index (χ0) is 15.3. The fraction of sp³-hybridized carbons (Fsp3) is 0.231. The van der Waals surface area contributed by atoms with Gasteiger partial charge in [0, 0.05) is 24.7 Å². The number of sulfonamides is 1. The van der Waals surface area contributed by atoms with E-state index in [9.17, 15) is 18.5 Å². The molecule has 0 bridgehead atoms. The number of nitro benzene ring substituents is 1. The van der Waals surface area contributed by atoms with Gasteiger partial charge in [-0.3, -0.25) is 10.1 Å². The lowest BCUT2D eigenvalue weighted by Gasteiger charge is -2.20. The van der Waals surface area contributed by atoms with Gasteiger partial charge >= 0.3 is 0 Å². The molecular weight excluding hydrogens is 280 g/mol. The van der Waals surface area contributed by atoms with E-state index in [0.29, 0.717) is 0 Å². The van der Waals surface area contributed by atoms with Crippen molar-refractivity contribution >= 4 is 15.7 Å². The highest BCUT2D eigenvalue weighted by Gasteiger charge is 2.27. The van der Waals surface area contributed by atoms with Crippen LogP contribution in [-0.4, -0.2) is 30.7 Å². The molecule has 0 radical (unpaired) electrons. The lowest BCUT2D eigenvalue weighted by molar-refractivity contribution is -0.385. The van der Waals surface area contributed by atoms with Crippen LogP contribution in [0.3, 0.4) is 0 Å². The van der Waals surface area contributed by atoms with Crippen LogP contribution in [0.1, 0.15) is 5.56 Å². The van der Waals surface area contributed by atoms with Gasteiger partial charge in [0.05, 0.1) is 9.82 Å². The van der Waals surface area contributed by atoms with Crippen LogP contribution in [0.5, 0.6) is 0 Å². The van der Waals surface area contributed by atoms with Gasteiger partial charge in [0.15, 0.2) is 0 Å². The maximum atomic E-state index is 12.5. The van der Waals surface area contributed by atoms with Crippen LogP contribution >= 0.6 is 0 Å². The third-order valence-corrected chi connectivity index (χ3v) is 4.71. The summed E-state index contributed by atoms with van der Waals surface area (Å²) in [4.78, 5) is 10.2. The smallest absolute Gasteiger partial charge is 0.258 e. The molecule has 0 saturated carbocycles. The van der Waals surface area contributed by atoms with Gasteiger partial charge in [-0.15, -0.1) is 13.2 Å². The second kappa shape index (κ2) is 6.44. The number of nitrogens with zero attached hydrogens (tertiary/aromatic N) is 2. The molecule has 0 N–H and O–H groups in total. The Labute approximate surface area is 118 Å². The Balaban J connectivity index is 3.41. The minimum absolute atomic E-state index is 0.0737. The number of hydrogen-bond acceptors (Lipinski definition) is 4. The van der Waals surface area contributed by atoms with Gasteiger partial charge < -0.3 is 0 Å². The minimum atomic E-state index is -3.83. The second-order valence-corrected chi connectivity index (χ2v) is 5.96.